The molecule has 0 aliphatic carbocycles. The van der Waals surface area contributed by atoms with Crippen molar-refractivity contribution in [1.29, 1.82) is 0 Å². The first-order valence-electron chi connectivity index (χ1n) is 13.5. The lowest BCUT2D eigenvalue weighted by Gasteiger charge is -2.08. The van der Waals surface area contributed by atoms with Crippen LogP contribution in [-0.4, -0.2) is 43.5 Å². The number of nitrogens with two attached hydrogens (primary N) is 1. The van der Waals surface area contributed by atoms with Crippen molar-refractivity contribution in [2.75, 3.05) is 20.4 Å². The highest BCUT2D eigenvalue weighted by molar-refractivity contribution is 5.71. The number of aliphatic hydroxyl groups excluding tert-OH is 1. The topological polar surface area (TPSA) is 89.4 Å². The average molecular weight is 521 g/mol. The summed E-state index contributed by atoms with van der Waals surface area (Å²) in [6, 6.07) is 0. The number of allylic oxidation sites excluding steroid dienone is 10. The molecule has 0 aromatic rings. The molecule has 1 atom stereocenters. The van der Waals surface area contributed by atoms with E-state index in [4.69, 9.17) is 9.47 Å². The van der Waals surface area contributed by atoms with E-state index in [-0.39, 0.29) is 12.8 Å². The van der Waals surface area contributed by atoms with Crippen LogP contribution >= 0.6 is 0 Å². The summed E-state index contributed by atoms with van der Waals surface area (Å²) < 4.78 is 9.64. The predicted octanol–water partition coefficient (Wildman–Crippen LogP) is 6.11. The lowest BCUT2D eigenvalue weighted by Crippen LogP contribution is -2.82. The molecule has 0 saturated heterocycles. The first-order valence-corrected chi connectivity index (χ1v) is 13.5. The van der Waals surface area contributed by atoms with Crippen molar-refractivity contribution < 1.29 is 29.5 Å². The zero-order chi connectivity index (χ0) is 28.4. The lowest BCUT2D eigenvalue weighted by molar-refractivity contribution is -0.633. The van der Waals surface area contributed by atoms with E-state index in [1.807, 2.05) is 0 Å². The van der Waals surface area contributed by atoms with Gasteiger partial charge >= 0.3 is 11.9 Å². The standard InChI is InChI=1S/C26H41NO5.C3H8.C2H4/c1-3-4-5-6-7-8-9-10-11-12-13-14-15-16-17-18-19-20-25(29)31-23-32-26(30)21-24(28)22-27-2;1-3-2;1-2/h4-5,7-8,10-11,13-14,16-17,24,27-28H,3,6,9,12,15,18-23H2,1-2H3;3H2,1-2H3;1-2H2/p+1/b5-4-,8-7-,11-10-,14-13-,17-16-;;. The summed E-state index contributed by atoms with van der Waals surface area (Å²) in [5.41, 5.74) is 0. The number of hydrogen-bond acceptors (Lipinski definition) is 5. The van der Waals surface area contributed by atoms with Crippen LogP contribution in [0.25, 0.3) is 0 Å². The summed E-state index contributed by atoms with van der Waals surface area (Å²) in [4.78, 5) is 23.0. The van der Waals surface area contributed by atoms with Crippen LogP contribution in [0.3, 0.4) is 0 Å². The third kappa shape index (κ3) is 38.0. The van der Waals surface area contributed by atoms with Crippen molar-refractivity contribution in [3.8, 4) is 0 Å². The number of aliphatic hydroxyl groups is 1. The highest BCUT2D eigenvalue weighted by Gasteiger charge is 2.13. The minimum absolute atomic E-state index is 0.105. The van der Waals surface area contributed by atoms with Crippen LogP contribution in [0.1, 0.15) is 85.0 Å². The molecule has 6 heteroatoms. The van der Waals surface area contributed by atoms with Crippen molar-refractivity contribution >= 4 is 11.9 Å². The van der Waals surface area contributed by atoms with E-state index in [2.05, 4.69) is 94.7 Å². The molecule has 3 N–H and O–H groups in total. The molecule has 0 aliphatic heterocycles. The Morgan fingerprint density at radius 3 is 1.68 bits per heavy atom. The second-order valence-electron chi connectivity index (χ2n) is 7.96. The fraction of sp³-hybridized carbons (Fsp3) is 0.548. The first kappa shape index (κ1) is 38.8. The number of quaternary nitrogens is 1. The first-order chi connectivity index (χ1) is 18.0. The molecule has 0 heterocycles. The predicted molar refractivity (Wildman–Crippen MR) is 156 cm³/mol. The van der Waals surface area contributed by atoms with Crippen molar-refractivity contribution in [2.45, 2.75) is 91.1 Å². The fourth-order valence-electron chi connectivity index (χ4n) is 2.57. The molecule has 0 rings (SSSR count). The summed E-state index contributed by atoms with van der Waals surface area (Å²) >= 11 is 0. The van der Waals surface area contributed by atoms with Crippen molar-refractivity contribution in [1.82, 2.24) is 0 Å². The second-order valence-corrected chi connectivity index (χ2v) is 7.96. The highest BCUT2D eigenvalue weighted by atomic mass is 16.7. The summed E-state index contributed by atoms with van der Waals surface area (Å²) in [6.45, 7) is 12.4. The molecule has 0 aromatic carbocycles. The number of esters is 2. The second kappa shape index (κ2) is 35.5. The molecular formula is C31H54NO5+. The Morgan fingerprint density at radius 2 is 1.22 bits per heavy atom. The number of rotatable bonds is 19. The van der Waals surface area contributed by atoms with Gasteiger partial charge in [0.2, 0.25) is 6.79 Å². The van der Waals surface area contributed by atoms with E-state index in [1.54, 1.807) is 12.4 Å². The van der Waals surface area contributed by atoms with Gasteiger partial charge in [0.25, 0.3) is 0 Å². The SMILES string of the molecule is C=C.CC/C=C\C/C=C\C/C=C\C/C=C\C/C=C\CCCC(=O)OCOC(=O)CC(O)C[NH2+]C.CCC. The minimum atomic E-state index is -0.758. The number of likely N-dealkylation sites (N-methyl/N-ethyl adjacent to an activating group) is 1. The van der Waals surface area contributed by atoms with Gasteiger partial charge in [-0.1, -0.05) is 88.0 Å². The normalized spacial score (nSPS) is 12.0. The maximum Gasteiger partial charge on any atom is 0.311 e. The Labute approximate surface area is 226 Å². The number of unbranched alkanes of at least 4 members (excludes halogenated alkanes) is 1. The van der Waals surface area contributed by atoms with Crippen LogP contribution in [0.4, 0.5) is 0 Å². The Balaban J connectivity index is -0.00000214. The lowest BCUT2D eigenvalue weighted by atomic mass is 10.2. The Hall–Kier alpha value is -2.70. The molecule has 37 heavy (non-hydrogen) atoms. The van der Waals surface area contributed by atoms with Crippen LogP contribution in [0.2, 0.25) is 0 Å². The van der Waals surface area contributed by atoms with Gasteiger partial charge in [0.15, 0.2) is 0 Å². The summed E-state index contributed by atoms with van der Waals surface area (Å²) in [7, 11) is 1.80. The largest absolute Gasteiger partial charge is 0.428 e. The quantitative estimate of drug-likeness (QED) is 0.0927. The number of hydrogen-bond donors (Lipinski definition) is 2. The van der Waals surface area contributed by atoms with Gasteiger partial charge in [0.1, 0.15) is 12.6 Å². The minimum Gasteiger partial charge on any atom is -0.428 e. The molecule has 0 spiro atoms. The third-order valence-electron chi connectivity index (χ3n) is 4.26. The van der Waals surface area contributed by atoms with Crippen LogP contribution < -0.4 is 5.32 Å². The van der Waals surface area contributed by atoms with Gasteiger partial charge in [-0.15, -0.1) is 13.2 Å². The van der Waals surface area contributed by atoms with Gasteiger partial charge in [-0.2, -0.15) is 0 Å². The Kier molecular flexibility index (Phi) is 37.2. The molecule has 212 valence electrons. The zero-order valence-electron chi connectivity index (χ0n) is 23.9. The van der Waals surface area contributed by atoms with Crippen LogP contribution in [-0.2, 0) is 19.1 Å². The van der Waals surface area contributed by atoms with Crippen LogP contribution in [0.5, 0.6) is 0 Å². The van der Waals surface area contributed by atoms with E-state index in [9.17, 15) is 14.7 Å². The van der Waals surface area contributed by atoms with E-state index < -0.39 is 24.8 Å². The van der Waals surface area contributed by atoms with E-state index >= 15 is 0 Å². The molecule has 0 bridgehead atoms. The highest BCUT2D eigenvalue weighted by Crippen LogP contribution is 2.01. The van der Waals surface area contributed by atoms with Crippen LogP contribution in [0, 0.1) is 0 Å². The van der Waals surface area contributed by atoms with Crippen molar-refractivity contribution in [2.24, 2.45) is 0 Å². The van der Waals surface area contributed by atoms with Gasteiger partial charge in [0.05, 0.1) is 13.5 Å². The van der Waals surface area contributed by atoms with Gasteiger partial charge in [-0.05, 0) is 44.9 Å². The molecular weight excluding hydrogens is 466 g/mol. The fourth-order valence-corrected chi connectivity index (χ4v) is 2.57. The molecule has 0 saturated carbocycles. The Morgan fingerprint density at radius 1 is 0.784 bits per heavy atom. The number of carbonyl (C=O) groups excluding carboxylic acids is 2. The van der Waals surface area contributed by atoms with Crippen molar-refractivity contribution in [3.63, 3.8) is 0 Å². The number of carbonyl (C=O) groups is 2. The zero-order valence-corrected chi connectivity index (χ0v) is 23.9. The van der Waals surface area contributed by atoms with Crippen molar-refractivity contribution in [3.05, 3.63) is 73.9 Å². The molecule has 0 aliphatic rings. The number of ether oxygens (including phenoxy) is 2. The molecule has 0 aromatic heterocycles. The van der Waals surface area contributed by atoms with Gasteiger partial charge in [0, 0.05) is 6.42 Å². The Bertz CT molecular complexity index is 650. The van der Waals surface area contributed by atoms with Gasteiger partial charge in [-0.3, -0.25) is 9.59 Å². The molecule has 6 nitrogen and oxygen atoms in total. The van der Waals surface area contributed by atoms with Gasteiger partial charge < -0.3 is 19.9 Å². The molecule has 0 radical (unpaired) electrons. The summed E-state index contributed by atoms with van der Waals surface area (Å²) in [5, 5.41) is 11.3. The average Bonchev–Trinajstić information content (AvgIpc) is 2.87. The summed E-state index contributed by atoms with van der Waals surface area (Å²) in [5.74, 6) is -0.974. The maximum atomic E-state index is 11.6. The molecule has 0 fully saturated rings. The third-order valence-corrected chi connectivity index (χ3v) is 4.26. The van der Waals surface area contributed by atoms with E-state index in [0.717, 1.165) is 38.5 Å². The molecule has 0 amide bonds. The van der Waals surface area contributed by atoms with E-state index in [1.165, 1.54) is 6.42 Å². The monoisotopic (exact) mass is 520 g/mol. The molecule has 1 unspecified atom stereocenters. The smallest absolute Gasteiger partial charge is 0.311 e. The summed E-state index contributed by atoms with van der Waals surface area (Å²) in [6.07, 6.45) is 28.5. The van der Waals surface area contributed by atoms with E-state index in [0.29, 0.717) is 13.0 Å². The maximum absolute atomic E-state index is 11.6. The van der Waals surface area contributed by atoms with Gasteiger partial charge in [-0.25, -0.2) is 0 Å². The van der Waals surface area contributed by atoms with Crippen LogP contribution in [0.15, 0.2) is 73.9 Å².